The molecule has 1 heterocycles. The van der Waals surface area contributed by atoms with E-state index >= 15 is 0 Å². The molecule has 1 aromatic heterocycles. The van der Waals surface area contributed by atoms with Crippen molar-refractivity contribution in [1.82, 2.24) is 15.1 Å². The topological polar surface area (TPSA) is 132 Å². The molecule has 0 fully saturated rings. The molecular weight excluding hydrogens is 418 g/mol. The molecule has 0 aliphatic rings. The van der Waals surface area contributed by atoms with Gasteiger partial charge >= 0.3 is 5.97 Å². The first-order valence-electron chi connectivity index (χ1n) is 10.6. The first-order valence-corrected chi connectivity index (χ1v) is 10.6. The van der Waals surface area contributed by atoms with Crippen LogP contribution in [-0.2, 0) is 20.8 Å². The first-order chi connectivity index (χ1) is 15.2. The lowest BCUT2D eigenvalue weighted by Gasteiger charge is -2.19. The van der Waals surface area contributed by atoms with Crippen molar-refractivity contribution in [1.29, 1.82) is 0 Å². The molecular formula is C22H33N3O7. The van der Waals surface area contributed by atoms with Gasteiger partial charge in [0.25, 0.3) is 5.91 Å². The summed E-state index contributed by atoms with van der Waals surface area (Å²) < 4.78 is 17.0. The number of fused-ring (bicyclic) bond motifs is 1. The fourth-order valence-corrected chi connectivity index (χ4v) is 3.31. The van der Waals surface area contributed by atoms with Crippen molar-refractivity contribution in [2.24, 2.45) is 5.92 Å². The highest BCUT2D eigenvalue weighted by Gasteiger charge is 2.21. The number of esters is 1. The number of aromatic nitrogens is 2. The molecule has 0 spiro atoms. The molecule has 1 amide bonds. The largest absolute Gasteiger partial charge is 0.466 e. The Hall–Kier alpha value is -2.69. The molecule has 2 rings (SSSR count). The predicted octanol–water partition coefficient (Wildman–Crippen LogP) is 1.82. The molecule has 32 heavy (non-hydrogen) atoms. The molecule has 178 valence electrons. The van der Waals surface area contributed by atoms with E-state index in [1.807, 2.05) is 6.92 Å². The Labute approximate surface area is 187 Å². The van der Waals surface area contributed by atoms with Crippen molar-refractivity contribution in [3.63, 3.8) is 0 Å². The van der Waals surface area contributed by atoms with Gasteiger partial charge in [0.1, 0.15) is 5.75 Å². The number of nitrogens with one attached hydrogen (secondary N) is 1. The second-order valence-corrected chi connectivity index (χ2v) is 7.98. The van der Waals surface area contributed by atoms with Gasteiger partial charge in [-0.3, -0.25) is 14.3 Å². The van der Waals surface area contributed by atoms with Crippen LogP contribution in [-0.4, -0.2) is 64.7 Å². The Balaban J connectivity index is 2.16. The number of nitrogens with zero attached hydrogens (tertiary/aromatic N) is 2. The molecule has 0 aliphatic heterocycles. The van der Waals surface area contributed by atoms with Crippen LogP contribution in [0.4, 0.5) is 0 Å². The normalized spacial score (nSPS) is 12.6. The lowest BCUT2D eigenvalue weighted by Crippen LogP contribution is -2.27. The SMILES string of the molecule is CCC(CCC(=O)OC(C)(C)O)Cn1cc2c(OCO)c(C(=O)NCCOC)ccc2n1. The van der Waals surface area contributed by atoms with E-state index in [1.54, 1.807) is 30.1 Å². The van der Waals surface area contributed by atoms with E-state index in [4.69, 9.17) is 14.2 Å². The third kappa shape index (κ3) is 7.47. The van der Waals surface area contributed by atoms with E-state index in [1.165, 1.54) is 13.8 Å². The number of aliphatic hydroxyl groups is 2. The number of amides is 1. The first kappa shape index (κ1) is 25.6. The maximum absolute atomic E-state index is 12.5. The third-order valence-electron chi connectivity index (χ3n) is 4.88. The van der Waals surface area contributed by atoms with Crippen molar-refractivity contribution >= 4 is 22.8 Å². The summed E-state index contributed by atoms with van der Waals surface area (Å²) in [5, 5.41) is 26.8. The molecule has 0 saturated heterocycles. The number of hydrogen-bond acceptors (Lipinski definition) is 8. The lowest BCUT2D eigenvalue weighted by molar-refractivity contribution is -0.195. The Morgan fingerprint density at radius 1 is 1.31 bits per heavy atom. The predicted molar refractivity (Wildman–Crippen MR) is 117 cm³/mol. The molecule has 1 atom stereocenters. The number of ether oxygens (including phenoxy) is 3. The van der Waals surface area contributed by atoms with Crippen LogP contribution in [0.5, 0.6) is 5.75 Å². The molecule has 0 radical (unpaired) electrons. The van der Waals surface area contributed by atoms with Gasteiger partial charge in [-0.05, 0) is 24.5 Å². The zero-order valence-corrected chi connectivity index (χ0v) is 19.1. The van der Waals surface area contributed by atoms with Crippen molar-refractivity contribution in [3.8, 4) is 5.75 Å². The van der Waals surface area contributed by atoms with Crippen LogP contribution in [0, 0.1) is 5.92 Å². The van der Waals surface area contributed by atoms with E-state index in [2.05, 4.69) is 10.4 Å². The minimum Gasteiger partial charge on any atom is -0.466 e. The fourth-order valence-electron chi connectivity index (χ4n) is 3.31. The summed E-state index contributed by atoms with van der Waals surface area (Å²) in [7, 11) is 1.55. The van der Waals surface area contributed by atoms with Crippen LogP contribution in [0.2, 0.25) is 0 Å². The van der Waals surface area contributed by atoms with Crippen LogP contribution in [0.25, 0.3) is 10.9 Å². The van der Waals surface area contributed by atoms with Crippen molar-refractivity contribution in [3.05, 3.63) is 23.9 Å². The zero-order valence-electron chi connectivity index (χ0n) is 19.1. The molecule has 10 heteroatoms. The van der Waals surface area contributed by atoms with Crippen molar-refractivity contribution in [2.45, 2.75) is 52.4 Å². The fraction of sp³-hybridized carbons (Fsp3) is 0.591. The van der Waals surface area contributed by atoms with E-state index < -0.39 is 18.5 Å². The molecule has 0 bridgehead atoms. The Morgan fingerprint density at radius 3 is 2.69 bits per heavy atom. The highest BCUT2D eigenvalue weighted by Crippen LogP contribution is 2.30. The molecule has 0 saturated carbocycles. The maximum Gasteiger partial charge on any atom is 0.308 e. The van der Waals surface area contributed by atoms with Gasteiger partial charge in [0.05, 0.1) is 23.1 Å². The van der Waals surface area contributed by atoms with Crippen molar-refractivity contribution < 1.29 is 34.0 Å². The van der Waals surface area contributed by atoms with Gasteiger partial charge in [0.2, 0.25) is 5.79 Å². The van der Waals surface area contributed by atoms with E-state index in [0.29, 0.717) is 42.6 Å². The number of benzene rings is 1. The molecule has 10 nitrogen and oxygen atoms in total. The maximum atomic E-state index is 12.5. The monoisotopic (exact) mass is 451 g/mol. The second kappa shape index (κ2) is 11.8. The van der Waals surface area contributed by atoms with E-state index in [-0.39, 0.29) is 24.0 Å². The molecule has 2 aromatic rings. The quantitative estimate of drug-likeness (QED) is 0.239. The average Bonchev–Trinajstić information content (AvgIpc) is 3.13. The molecule has 1 aromatic carbocycles. The number of methoxy groups -OCH3 is 1. The van der Waals surface area contributed by atoms with Crippen LogP contribution < -0.4 is 10.1 Å². The number of hydrogen-bond donors (Lipinski definition) is 3. The number of carbonyl (C=O) groups excluding carboxylic acids is 2. The van der Waals surface area contributed by atoms with Crippen LogP contribution in [0.3, 0.4) is 0 Å². The van der Waals surface area contributed by atoms with Crippen LogP contribution in [0.1, 0.15) is 50.4 Å². The van der Waals surface area contributed by atoms with Gasteiger partial charge in [0.15, 0.2) is 6.79 Å². The number of aliphatic hydroxyl groups excluding tert-OH is 1. The summed E-state index contributed by atoms with van der Waals surface area (Å²) in [6.45, 7) is 5.55. The minimum absolute atomic E-state index is 0.151. The van der Waals surface area contributed by atoms with Gasteiger partial charge in [-0.2, -0.15) is 5.10 Å². The van der Waals surface area contributed by atoms with Gasteiger partial charge in [-0.1, -0.05) is 13.3 Å². The van der Waals surface area contributed by atoms with Gasteiger partial charge < -0.3 is 29.7 Å². The van der Waals surface area contributed by atoms with Gasteiger partial charge in [-0.15, -0.1) is 0 Å². The van der Waals surface area contributed by atoms with Crippen LogP contribution in [0.15, 0.2) is 18.3 Å². The Bertz CT molecular complexity index is 905. The zero-order chi connectivity index (χ0) is 23.7. The second-order valence-electron chi connectivity index (χ2n) is 7.98. The molecule has 1 unspecified atom stereocenters. The average molecular weight is 452 g/mol. The van der Waals surface area contributed by atoms with Gasteiger partial charge in [-0.25, -0.2) is 0 Å². The Kier molecular flexibility index (Phi) is 9.42. The van der Waals surface area contributed by atoms with E-state index in [0.717, 1.165) is 6.42 Å². The summed E-state index contributed by atoms with van der Waals surface area (Å²) in [6.07, 6.45) is 3.35. The van der Waals surface area contributed by atoms with Crippen LogP contribution >= 0.6 is 0 Å². The summed E-state index contributed by atoms with van der Waals surface area (Å²) in [5.41, 5.74) is 0.918. The summed E-state index contributed by atoms with van der Waals surface area (Å²) in [4.78, 5) is 24.4. The summed E-state index contributed by atoms with van der Waals surface area (Å²) in [5.74, 6) is -1.87. The highest BCUT2D eigenvalue weighted by molar-refractivity contribution is 6.03. The highest BCUT2D eigenvalue weighted by atomic mass is 16.7. The molecule has 0 aliphatic carbocycles. The van der Waals surface area contributed by atoms with Gasteiger partial charge in [0, 0.05) is 46.7 Å². The third-order valence-corrected chi connectivity index (χ3v) is 4.88. The standard InChI is InChI=1S/C22H33N3O7/c1-5-15(6-9-19(27)32-22(2,3)29)12-25-13-17-18(24-25)8-7-16(20(17)31-14-26)21(28)23-10-11-30-4/h7-8,13,15,26,29H,5-6,9-12,14H2,1-4H3,(H,23,28). The minimum atomic E-state index is -1.49. The van der Waals surface area contributed by atoms with E-state index in [9.17, 15) is 19.8 Å². The summed E-state index contributed by atoms with van der Waals surface area (Å²) >= 11 is 0. The lowest BCUT2D eigenvalue weighted by atomic mass is 10.0. The summed E-state index contributed by atoms with van der Waals surface area (Å²) in [6, 6.07) is 3.33. The number of carbonyl (C=O) groups is 2. The molecule has 3 N–H and O–H groups in total. The number of rotatable bonds is 13. The Morgan fingerprint density at radius 2 is 2.06 bits per heavy atom. The smallest absolute Gasteiger partial charge is 0.308 e. The van der Waals surface area contributed by atoms with Crippen molar-refractivity contribution in [2.75, 3.05) is 27.1 Å².